The monoisotopic (exact) mass is 321 g/mol. The maximum absolute atomic E-state index is 10.1. The molecular formula is C13H12BrN3O2. The van der Waals surface area contributed by atoms with Gasteiger partial charge in [-0.1, -0.05) is 12.1 Å². The summed E-state index contributed by atoms with van der Waals surface area (Å²) in [5.74, 6) is 5.77. The van der Waals surface area contributed by atoms with Crippen LogP contribution in [-0.4, -0.2) is 22.9 Å². The lowest BCUT2D eigenvalue weighted by molar-refractivity contribution is 0.373. The van der Waals surface area contributed by atoms with Crippen molar-refractivity contribution in [3.63, 3.8) is 0 Å². The standard InChI is InChI=1S/C13H12BrN3O2/c1-19-10-6-2-4-8(13(10)18)12(17-15)9-5-3-7-11(14)16-9/h2-7,18H,15H2,1H3. The lowest BCUT2D eigenvalue weighted by atomic mass is 10.1. The Labute approximate surface area is 118 Å². The van der Waals surface area contributed by atoms with Gasteiger partial charge in [0.2, 0.25) is 0 Å². The van der Waals surface area contributed by atoms with Gasteiger partial charge in [-0.15, -0.1) is 0 Å². The number of methoxy groups -OCH3 is 1. The fraction of sp³-hybridized carbons (Fsp3) is 0.0769. The number of benzene rings is 1. The Bertz CT molecular complexity index is 629. The van der Waals surface area contributed by atoms with Crippen molar-refractivity contribution in [2.75, 3.05) is 7.11 Å². The van der Waals surface area contributed by atoms with E-state index in [0.717, 1.165) is 0 Å². The summed E-state index contributed by atoms with van der Waals surface area (Å²) in [6, 6.07) is 10.5. The topological polar surface area (TPSA) is 80.7 Å². The first-order valence-corrected chi connectivity index (χ1v) is 6.24. The normalized spacial score (nSPS) is 11.4. The molecule has 1 aromatic carbocycles. The number of pyridine rings is 1. The van der Waals surface area contributed by atoms with Crippen LogP contribution in [0.5, 0.6) is 11.5 Å². The zero-order valence-corrected chi connectivity index (χ0v) is 11.8. The van der Waals surface area contributed by atoms with Crippen LogP contribution in [0.1, 0.15) is 11.3 Å². The average molecular weight is 322 g/mol. The van der Waals surface area contributed by atoms with Gasteiger partial charge in [-0.3, -0.25) is 0 Å². The first kappa shape index (κ1) is 13.4. The van der Waals surface area contributed by atoms with Crippen molar-refractivity contribution < 1.29 is 9.84 Å². The lowest BCUT2D eigenvalue weighted by Crippen LogP contribution is -2.09. The highest BCUT2D eigenvalue weighted by atomic mass is 79.9. The van der Waals surface area contributed by atoms with Crippen LogP contribution in [0, 0.1) is 0 Å². The second kappa shape index (κ2) is 5.71. The summed E-state index contributed by atoms with van der Waals surface area (Å²) in [5, 5.41) is 13.8. The molecule has 2 aromatic rings. The van der Waals surface area contributed by atoms with Gasteiger partial charge in [0.25, 0.3) is 0 Å². The zero-order chi connectivity index (χ0) is 13.8. The molecule has 0 fully saturated rings. The van der Waals surface area contributed by atoms with Gasteiger partial charge in [-0.2, -0.15) is 5.10 Å². The molecule has 0 saturated carbocycles. The number of ether oxygens (including phenoxy) is 1. The second-order valence-electron chi connectivity index (χ2n) is 3.68. The number of hydrogen-bond acceptors (Lipinski definition) is 5. The van der Waals surface area contributed by atoms with Gasteiger partial charge >= 0.3 is 0 Å². The van der Waals surface area contributed by atoms with Crippen molar-refractivity contribution in [1.82, 2.24) is 4.98 Å². The Morgan fingerprint density at radius 2 is 2.05 bits per heavy atom. The van der Waals surface area contributed by atoms with Crippen LogP contribution < -0.4 is 10.6 Å². The third-order valence-electron chi connectivity index (χ3n) is 2.56. The number of nitrogens with zero attached hydrogens (tertiary/aromatic N) is 2. The molecule has 0 atom stereocenters. The van der Waals surface area contributed by atoms with E-state index in [1.807, 2.05) is 6.07 Å². The zero-order valence-electron chi connectivity index (χ0n) is 10.2. The Balaban J connectivity index is 2.55. The van der Waals surface area contributed by atoms with E-state index in [9.17, 15) is 5.11 Å². The molecule has 0 amide bonds. The van der Waals surface area contributed by atoms with Gasteiger partial charge in [0.15, 0.2) is 11.5 Å². The highest BCUT2D eigenvalue weighted by molar-refractivity contribution is 9.10. The number of halogens is 1. The Hall–Kier alpha value is -2.08. The smallest absolute Gasteiger partial charge is 0.167 e. The van der Waals surface area contributed by atoms with E-state index in [-0.39, 0.29) is 5.75 Å². The fourth-order valence-corrected chi connectivity index (χ4v) is 2.04. The molecule has 6 heteroatoms. The average Bonchev–Trinajstić information content (AvgIpc) is 2.41. The number of para-hydroxylation sites is 1. The molecule has 2 rings (SSSR count). The molecule has 0 unspecified atom stereocenters. The maximum Gasteiger partial charge on any atom is 0.167 e. The minimum absolute atomic E-state index is 0.0176. The van der Waals surface area contributed by atoms with E-state index in [1.54, 1.807) is 30.3 Å². The molecule has 98 valence electrons. The minimum atomic E-state index is -0.0176. The first-order chi connectivity index (χ1) is 9.17. The third kappa shape index (κ3) is 2.68. The van der Waals surface area contributed by atoms with Gasteiger partial charge in [0.1, 0.15) is 10.3 Å². The largest absolute Gasteiger partial charge is 0.504 e. The quantitative estimate of drug-likeness (QED) is 0.393. The van der Waals surface area contributed by atoms with E-state index >= 15 is 0 Å². The molecule has 0 aliphatic rings. The van der Waals surface area contributed by atoms with Gasteiger partial charge in [-0.25, -0.2) is 4.98 Å². The van der Waals surface area contributed by atoms with Crippen LogP contribution in [0.4, 0.5) is 0 Å². The number of phenolic OH excluding ortho intramolecular Hbond substituents is 1. The highest BCUT2D eigenvalue weighted by Gasteiger charge is 2.16. The van der Waals surface area contributed by atoms with Crippen LogP contribution in [0.2, 0.25) is 0 Å². The van der Waals surface area contributed by atoms with E-state index in [0.29, 0.717) is 27.3 Å². The summed E-state index contributed by atoms with van der Waals surface area (Å²) < 4.78 is 5.73. The lowest BCUT2D eigenvalue weighted by Gasteiger charge is -2.10. The van der Waals surface area contributed by atoms with Crippen molar-refractivity contribution in [1.29, 1.82) is 0 Å². The Kier molecular flexibility index (Phi) is 4.01. The maximum atomic E-state index is 10.1. The number of aromatic nitrogens is 1. The van der Waals surface area contributed by atoms with Crippen LogP contribution in [0.3, 0.4) is 0 Å². The van der Waals surface area contributed by atoms with Gasteiger partial charge < -0.3 is 15.7 Å². The summed E-state index contributed by atoms with van der Waals surface area (Å²) in [6.07, 6.45) is 0. The SMILES string of the molecule is COc1cccc(C(=NN)c2cccc(Br)n2)c1O. The predicted molar refractivity (Wildman–Crippen MR) is 76.4 cm³/mol. The predicted octanol–water partition coefficient (Wildman–Crippen LogP) is 2.27. The van der Waals surface area contributed by atoms with Gasteiger partial charge in [-0.05, 0) is 40.2 Å². The summed E-state index contributed by atoms with van der Waals surface area (Å²) in [6.45, 7) is 0. The van der Waals surface area contributed by atoms with Gasteiger partial charge in [0.05, 0.1) is 12.8 Å². The van der Waals surface area contributed by atoms with Crippen molar-refractivity contribution in [2.45, 2.75) is 0 Å². The number of phenols is 1. The van der Waals surface area contributed by atoms with Crippen molar-refractivity contribution in [3.8, 4) is 11.5 Å². The van der Waals surface area contributed by atoms with E-state index < -0.39 is 0 Å². The molecule has 3 N–H and O–H groups in total. The Morgan fingerprint density at radius 1 is 1.32 bits per heavy atom. The molecule has 19 heavy (non-hydrogen) atoms. The van der Waals surface area contributed by atoms with Crippen molar-refractivity contribution in [3.05, 3.63) is 52.3 Å². The van der Waals surface area contributed by atoms with Crippen molar-refractivity contribution >= 4 is 21.6 Å². The number of hydrogen-bond donors (Lipinski definition) is 2. The number of hydrazone groups is 1. The highest BCUT2D eigenvalue weighted by Crippen LogP contribution is 2.31. The molecule has 1 aromatic heterocycles. The van der Waals surface area contributed by atoms with Crippen LogP contribution in [0.15, 0.2) is 46.1 Å². The van der Waals surface area contributed by atoms with Crippen LogP contribution in [-0.2, 0) is 0 Å². The molecule has 0 saturated heterocycles. The van der Waals surface area contributed by atoms with Crippen LogP contribution in [0.25, 0.3) is 0 Å². The summed E-state index contributed by atoms with van der Waals surface area (Å²) in [4.78, 5) is 4.27. The van der Waals surface area contributed by atoms with E-state index in [4.69, 9.17) is 10.6 Å². The molecule has 0 bridgehead atoms. The van der Waals surface area contributed by atoms with Gasteiger partial charge in [0, 0.05) is 5.56 Å². The molecule has 0 spiro atoms. The molecule has 1 heterocycles. The van der Waals surface area contributed by atoms with E-state index in [1.165, 1.54) is 7.11 Å². The second-order valence-corrected chi connectivity index (χ2v) is 4.49. The number of nitrogens with two attached hydrogens (primary N) is 1. The summed E-state index contributed by atoms with van der Waals surface area (Å²) >= 11 is 3.28. The summed E-state index contributed by atoms with van der Waals surface area (Å²) in [5.41, 5.74) is 1.41. The van der Waals surface area contributed by atoms with Crippen LogP contribution >= 0.6 is 15.9 Å². The summed E-state index contributed by atoms with van der Waals surface area (Å²) in [7, 11) is 1.48. The first-order valence-electron chi connectivity index (χ1n) is 5.44. The fourth-order valence-electron chi connectivity index (χ4n) is 1.69. The molecular weight excluding hydrogens is 310 g/mol. The molecule has 0 aliphatic carbocycles. The number of rotatable bonds is 3. The molecule has 0 aliphatic heterocycles. The molecule has 5 nitrogen and oxygen atoms in total. The van der Waals surface area contributed by atoms with E-state index in [2.05, 4.69) is 26.0 Å². The third-order valence-corrected chi connectivity index (χ3v) is 3.00. The number of aromatic hydroxyl groups is 1. The molecule has 0 radical (unpaired) electrons. The Morgan fingerprint density at radius 3 is 2.68 bits per heavy atom. The minimum Gasteiger partial charge on any atom is -0.504 e. The van der Waals surface area contributed by atoms with Crippen molar-refractivity contribution in [2.24, 2.45) is 10.9 Å².